The van der Waals surface area contributed by atoms with Crippen LogP contribution in [0, 0.1) is 11.8 Å². The molecule has 0 amide bonds. The number of rotatable bonds is 12. The molecule has 5 heteroatoms. The molecule has 25 heavy (non-hydrogen) atoms. The van der Waals surface area contributed by atoms with Crippen molar-refractivity contribution < 1.29 is 24.9 Å². The molecule has 1 rings (SSSR count). The highest BCUT2D eigenvalue weighted by atomic mass is 16.4. The van der Waals surface area contributed by atoms with E-state index in [1.165, 1.54) is 0 Å². The van der Waals surface area contributed by atoms with Crippen molar-refractivity contribution in [3.63, 3.8) is 0 Å². The Hall–Kier alpha value is -1.46. The average molecular weight is 352 g/mol. The summed E-state index contributed by atoms with van der Waals surface area (Å²) < 4.78 is 0. The number of unbranched alkanes of at least 4 members (excludes halogenated alkanes) is 3. The summed E-state index contributed by atoms with van der Waals surface area (Å²) in [5.41, 5.74) is 0. The highest BCUT2D eigenvalue weighted by molar-refractivity contribution is 5.84. The molecule has 1 aliphatic carbocycles. The van der Waals surface area contributed by atoms with E-state index in [2.05, 4.69) is 6.92 Å². The van der Waals surface area contributed by atoms with Gasteiger partial charge in [-0.3, -0.25) is 9.59 Å². The maximum atomic E-state index is 12.1. The lowest BCUT2D eigenvalue weighted by atomic mass is 9.90. The van der Waals surface area contributed by atoms with E-state index in [9.17, 15) is 19.8 Å². The number of allylic oxidation sites excluding steroid dienone is 2. The summed E-state index contributed by atoms with van der Waals surface area (Å²) in [5, 5.41) is 28.7. The molecule has 1 saturated carbocycles. The Bertz CT molecular complexity index is 469. The number of Topliss-reactive ketones (excluding diaryl/α,β-unsaturated/α-hetero) is 1. The van der Waals surface area contributed by atoms with Gasteiger partial charge in [-0.05, 0) is 25.7 Å². The number of hydrogen-bond acceptors (Lipinski definition) is 4. The Kier molecular flexibility index (Phi) is 10.3. The van der Waals surface area contributed by atoms with Crippen molar-refractivity contribution in [1.29, 1.82) is 0 Å². The molecule has 4 atom stereocenters. The van der Waals surface area contributed by atoms with Crippen LogP contribution in [0.15, 0.2) is 24.3 Å². The topological polar surface area (TPSA) is 94.8 Å². The van der Waals surface area contributed by atoms with E-state index in [0.717, 1.165) is 19.3 Å². The van der Waals surface area contributed by atoms with Crippen LogP contribution in [-0.2, 0) is 9.59 Å². The molecule has 0 aromatic carbocycles. The summed E-state index contributed by atoms with van der Waals surface area (Å²) in [7, 11) is 0. The first-order valence-corrected chi connectivity index (χ1v) is 9.39. The molecule has 3 N–H and O–H groups in total. The number of aliphatic hydroxyl groups is 2. The first kappa shape index (κ1) is 21.6. The van der Waals surface area contributed by atoms with Crippen molar-refractivity contribution in [2.45, 2.75) is 76.9 Å². The smallest absolute Gasteiger partial charge is 0.303 e. The van der Waals surface area contributed by atoms with E-state index in [4.69, 9.17) is 5.11 Å². The second kappa shape index (κ2) is 12.0. The van der Waals surface area contributed by atoms with E-state index in [1.54, 1.807) is 12.2 Å². The first-order chi connectivity index (χ1) is 12.0. The van der Waals surface area contributed by atoms with Crippen LogP contribution in [0.1, 0.15) is 64.7 Å². The van der Waals surface area contributed by atoms with Gasteiger partial charge in [-0.15, -0.1) is 0 Å². The van der Waals surface area contributed by atoms with Crippen molar-refractivity contribution in [3.8, 4) is 0 Å². The van der Waals surface area contributed by atoms with Crippen LogP contribution in [0.5, 0.6) is 0 Å². The molecule has 5 nitrogen and oxygen atoms in total. The number of ketones is 1. The zero-order valence-corrected chi connectivity index (χ0v) is 15.1. The van der Waals surface area contributed by atoms with Crippen LogP contribution in [-0.4, -0.2) is 39.3 Å². The minimum absolute atomic E-state index is 0.0535. The zero-order valence-electron chi connectivity index (χ0n) is 15.1. The number of aliphatic carboxylic acids is 1. The molecule has 0 saturated heterocycles. The summed E-state index contributed by atoms with van der Waals surface area (Å²) in [6, 6.07) is 0. The maximum absolute atomic E-state index is 12.1. The second-order valence-corrected chi connectivity index (χ2v) is 6.86. The molecule has 0 aromatic rings. The SMILES string of the molecule is CCCCC[C@H](O)C=C[C@H]1[C@H](O)CC(=O)[C@H]1CC=CCCCC(=O)O. The van der Waals surface area contributed by atoms with Crippen molar-refractivity contribution >= 4 is 11.8 Å². The molecular weight excluding hydrogens is 320 g/mol. The first-order valence-electron chi connectivity index (χ1n) is 9.39. The monoisotopic (exact) mass is 352 g/mol. The number of aliphatic hydroxyl groups excluding tert-OH is 2. The van der Waals surface area contributed by atoms with E-state index in [1.807, 2.05) is 12.2 Å². The van der Waals surface area contributed by atoms with E-state index in [-0.39, 0.29) is 30.5 Å². The Morgan fingerprint density at radius 2 is 2.04 bits per heavy atom. The molecule has 1 aliphatic rings. The number of carboxylic acid groups (broad SMARTS) is 1. The summed E-state index contributed by atoms with van der Waals surface area (Å²) in [5.74, 6) is -1.26. The van der Waals surface area contributed by atoms with Gasteiger partial charge in [0.15, 0.2) is 0 Å². The van der Waals surface area contributed by atoms with Crippen LogP contribution in [0.3, 0.4) is 0 Å². The molecular formula is C20H32O5. The van der Waals surface area contributed by atoms with Gasteiger partial charge in [0.2, 0.25) is 0 Å². The highest BCUT2D eigenvalue weighted by Gasteiger charge is 2.39. The van der Waals surface area contributed by atoms with Crippen molar-refractivity contribution in [2.24, 2.45) is 11.8 Å². The largest absolute Gasteiger partial charge is 0.481 e. The molecule has 0 aromatic heterocycles. The third-order valence-electron chi connectivity index (χ3n) is 4.71. The van der Waals surface area contributed by atoms with Gasteiger partial charge in [-0.2, -0.15) is 0 Å². The average Bonchev–Trinajstić information content (AvgIpc) is 2.82. The predicted molar refractivity (Wildman–Crippen MR) is 97.1 cm³/mol. The van der Waals surface area contributed by atoms with Gasteiger partial charge in [0.1, 0.15) is 5.78 Å². The third-order valence-corrected chi connectivity index (χ3v) is 4.71. The van der Waals surface area contributed by atoms with Crippen molar-refractivity contribution in [1.82, 2.24) is 0 Å². The number of carbonyl (C=O) groups is 2. The summed E-state index contributed by atoms with van der Waals surface area (Å²) in [4.78, 5) is 22.5. The standard InChI is InChI=1S/C20H32O5/c1-2-3-6-9-15(21)12-13-17-16(18(22)14-19(17)23)10-7-4-5-8-11-20(24)25/h4,7,12-13,15-17,19,21,23H,2-3,5-6,8-11,14H2,1H3,(H,24,25)/t15-,16-,17+,19+/m0/s1. The molecule has 0 unspecified atom stereocenters. The number of carbonyl (C=O) groups excluding carboxylic acids is 1. The molecule has 0 spiro atoms. The Morgan fingerprint density at radius 1 is 1.28 bits per heavy atom. The summed E-state index contributed by atoms with van der Waals surface area (Å²) in [6.45, 7) is 2.11. The fourth-order valence-corrected chi connectivity index (χ4v) is 3.22. The third kappa shape index (κ3) is 8.45. The van der Waals surface area contributed by atoms with E-state index < -0.39 is 18.2 Å². The maximum Gasteiger partial charge on any atom is 0.303 e. The summed E-state index contributed by atoms with van der Waals surface area (Å²) in [6.07, 6.45) is 12.1. The van der Waals surface area contributed by atoms with Crippen LogP contribution < -0.4 is 0 Å². The lowest BCUT2D eigenvalue weighted by Crippen LogP contribution is -2.18. The van der Waals surface area contributed by atoms with Crippen LogP contribution >= 0.6 is 0 Å². The zero-order chi connectivity index (χ0) is 18.7. The highest BCUT2D eigenvalue weighted by Crippen LogP contribution is 2.33. The molecule has 0 heterocycles. The van der Waals surface area contributed by atoms with Gasteiger partial charge in [0.25, 0.3) is 0 Å². The van der Waals surface area contributed by atoms with Crippen molar-refractivity contribution in [3.05, 3.63) is 24.3 Å². The van der Waals surface area contributed by atoms with E-state index >= 15 is 0 Å². The minimum atomic E-state index is -0.801. The Labute approximate surface area is 150 Å². The number of hydrogen-bond donors (Lipinski definition) is 3. The van der Waals surface area contributed by atoms with E-state index in [0.29, 0.717) is 25.7 Å². The fraction of sp³-hybridized carbons (Fsp3) is 0.700. The summed E-state index contributed by atoms with van der Waals surface area (Å²) >= 11 is 0. The number of carboxylic acids is 1. The molecule has 142 valence electrons. The van der Waals surface area contributed by atoms with Crippen LogP contribution in [0.25, 0.3) is 0 Å². The normalized spacial score (nSPS) is 25.2. The van der Waals surface area contributed by atoms with Gasteiger partial charge < -0.3 is 15.3 Å². The van der Waals surface area contributed by atoms with Gasteiger partial charge in [-0.25, -0.2) is 0 Å². The quantitative estimate of drug-likeness (QED) is 0.370. The molecule has 1 fully saturated rings. The molecule has 0 aliphatic heterocycles. The fourth-order valence-electron chi connectivity index (χ4n) is 3.22. The minimum Gasteiger partial charge on any atom is -0.481 e. The Balaban J connectivity index is 2.48. The van der Waals surface area contributed by atoms with Gasteiger partial charge in [0, 0.05) is 24.7 Å². The van der Waals surface area contributed by atoms with Crippen LogP contribution in [0.4, 0.5) is 0 Å². The molecule has 0 radical (unpaired) electrons. The van der Waals surface area contributed by atoms with Crippen LogP contribution in [0.2, 0.25) is 0 Å². The lowest BCUT2D eigenvalue weighted by Gasteiger charge is -2.16. The van der Waals surface area contributed by atoms with Gasteiger partial charge in [0.05, 0.1) is 12.2 Å². The van der Waals surface area contributed by atoms with Gasteiger partial charge in [-0.1, -0.05) is 50.5 Å². The lowest BCUT2D eigenvalue weighted by molar-refractivity contribution is -0.137. The molecule has 0 bridgehead atoms. The second-order valence-electron chi connectivity index (χ2n) is 6.86. The predicted octanol–water partition coefficient (Wildman–Crippen LogP) is 3.25. The van der Waals surface area contributed by atoms with Gasteiger partial charge >= 0.3 is 5.97 Å². The Morgan fingerprint density at radius 3 is 2.72 bits per heavy atom. The van der Waals surface area contributed by atoms with Crippen molar-refractivity contribution in [2.75, 3.05) is 0 Å².